The Hall–Kier alpha value is -0.390. The number of nitrogens with zero attached hydrogens (tertiary/aromatic N) is 1. The number of hydrogen-bond acceptors (Lipinski definition) is 4. The summed E-state index contributed by atoms with van der Waals surface area (Å²) in [4.78, 5) is 0. The van der Waals surface area contributed by atoms with Gasteiger partial charge >= 0.3 is 0 Å². The van der Waals surface area contributed by atoms with Crippen LogP contribution < -0.4 is 0 Å². The van der Waals surface area contributed by atoms with Gasteiger partial charge in [0.05, 0.1) is 18.8 Å². The van der Waals surface area contributed by atoms with Crippen LogP contribution in [0.4, 0.5) is 0 Å². The quantitative estimate of drug-likeness (QED) is 0.860. The lowest BCUT2D eigenvalue weighted by atomic mass is 10.0. The summed E-state index contributed by atoms with van der Waals surface area (Å²) in [6.45, 7) is 1.37. The largest absolute Gasteiger partial charge is 0.391 e. The van der Waals surface area contributed by atoms with Crippen LogP contribution in [0.25, 0.3) is 0 Å². The smallest absolute Gasteiger partial charge is 0.155 e. The molecule has 1 aromatic rings. The summed E-state index contributed by atoms with van der Waals surface area (Å²) in [5, 5.41) is 12.8. The molecule has 1 aliphatic rings. The van der Waals surface area contributed by atoms with E-state index in [-0.39, 0.29) is 12.5 Å². The van der Waals surface area contributed by atoms with Crippen molar-refractivity contribution in [2.24, 2.45) is 0 Å². The van der Waals surface area contributed by atoms with Crippen LogP contribution in [0.15, 0.2) is 9.13 Å². The van der Waals surface area contributed by atoms with Gasteiger partial charge in [0.1, 0.15) is 5.76 Å². The van der Waals surface area contributed by atoms with E-state index in [0.29, 0.717) is 11.2 Å². The molecule has 1 fully saturated rings. The molecule has 0 radical (unpaired) electrons. The van der Waals surface area contributed by atoms with Crippen molar-refractivity contribution in [1.82, 2.24) is 5.16 Å². The van der Waals surface area contributed by atoms with Crippen molar-refractivity contribution >= 4 is 15.9 Å². The zero-order valence-electron chi connectivity index (χ0n) is 6.99. The highest BCUT2D eigenvalue weighted by Crippen LogP contribution is 2.31. The molecule has 0 amide bonds. The molecule has 1 atom stereocenters. The van der Waals surface area contributed by atoms with Gasteiger partial charge in [-0.1, -0.05) is 5.16 Å². The van der Waals surface area contributed by atoms with Gasteiger partial charge in [-0.05, 0) is 22.4 Å². The maximum Gasteiger partial charge on any atom is 0.155 e. The van der Waals surface area contributed by atoms with E-state index in [1.807, 2.05) is 0 Å². The lowest BCUT2D eigenvalue weighted by Crippen LogP contribution is -1.99. The van der Waals surface area contributed by atoms with Gasteiger partial charge in [-0.3, -0.25) is 0 Å². The van der Waals surface area contributed by atoms with E-state index in [1.165, 1.54) is 0 Å². The first-order valence-electron chi connectivity index (χ1n) is 4.15. The highest BCUT2D eigenvalue weighted by molar-refractivity contribution is 9.10. The van der Waals surface area contributed by atoms with Crippen LogP contribution in [0.3, 0.4) is 0 Å². The Morgan fingerprint density at radius 2 is 2.46 bits per heavy atom. The lowest BCUT2D eigenvalue weighted by Gasteiger charge is -2.03. The molecule has 0 spiro atoms. The second-order valence-corrected chi connectivity index (χ2v) is 3.79. The predicted molar refractivity (Wildman–Crippen MR) is 48.3 cm³/mol. The zero-order valence-corrected chi connectivity index (χ0v) is 8.58. The molecule has 4 nitrogen and oxygen atoms in total. The normalized spacial score (nSPS) is 22.5. The number of ether oxygens (including phenoxy) is 1. The molecule has 1 unspecified atom stereocenters. The summed E-state index contributed by atoms with van der Waals surface area (Å²) in [5.74, 6) is 1.01. The van der Waals surface area contributed by atoms with Crippen LogP contribution in [-0.4, -0.2) is 23.5 Å². The molecule has 13 heavy (non-hydrogen) atoms. The van der Waals surface area contributed by atoms with Crippen LogP contribution in [0.5, 0.6) is 0 Å². The lowest BCUT2D eigenvalue weighted by molar-refractivity contribution is 0.189. The molecule has 0 saturated carbocycles. The topological polar surface area (TPSA) is 55.5 Å². The average molecular weight is 248 g/mol. The molecular weight excluding hydrogens is 238 g/mol. The van der Waals surface area contributed by atoms with Gasteiger partial charge in [-0.25, -0.2) is 0 Å². The van der Waals surface area contributed by atoms with E-state index in [4.69, 9.17) is 14.4 Å². The predicted octanol–water partition coefficient (Wildman–Crippen LogP) is 1.43. The van der Waals surface area contributed by atoms with Gasteiger partial charge in [-0.2, -0.15) is 0 Å². The van der Waals surface area contributed by atoms with E-state index >= 15 is 0 Å². The van der Waals surface area contributed by atoms with Crippen molar-refractivity contribution in [3.05, 3.63) is 15.9 Å². The van der Waals surface area contributed by atoms with Gasteiger partial charge in [-0.15, -0.1) is 0 Å². The van der Waals surface area contributed by atoms with Crippen molar-refractivity contribution in [1.29, 1.82) is 0 Å². The van der Waals surface area contributed by atoms with Gasteiger partial charge in [0.2, 0.25) is 0 Å². The van der Waals surface area contributed by atoms with Crippen LogP contribution >= 0.6 is 15.9 Å². The molecule has 1 saturated heterocycles. The first kappa shape index (κ1) is 9.18. The molecule has 72 valence electrons. The van der Waals surface area contributed by atoms with Crippen molar-refractivity contribution < 1.29 is 14.4 Å². The number of halogens is 1. The van der Waals surface area contributed by atoms with E-state index in [0.717, 1.165) is 24.4 Å². The molecular formula is C8H10BrNO3. The molecule has 1 aliphatic heterocycles. The Morgan fingerprint density at radius 3 is 3.08 bits per heavy atom. The molecule has 1 N–H and O–H groups in total. The molecule has 1 aromatic heterocycles. The molecule has 2 rings (SSSR count). The number of aromatic nitrogens is 1. The van der Waals surface area contributed by atoms with Gasteiger partial charge in [0, 0.05) is 12.5 Å². The molecule has 0 aromatic carbocycles. The highest BCUT2D eigenvalue weighted by atomic mass is 79.9. The maximum atomic E-state index is 9.08. The maximum absolute atomic E-state index is 9.08. The van der Waals surface area contributed by atoms with Crippen molar-refractivity contribution in [3.8, 4) is 0 Å². The SMILES string of the molecule is OCc1c(Br)noc1C1CCOC1. The summed E-state index contributed by atoms with van der Waals surface area (Å²) in [7, 11) is 0. The van der Waals surface area contributed by atoms with E-state index < -0.39 is 0 Å². The second kappa shape index (κ2) is 3.77. The molecule has 0 bridgehead atoms. The minimum Gasteiger partial charge on any atom is -0.391 e. The van der Waals surface area contributed by atoms with Crippen LogP contribution in [0.1, 0.15) is 23.7 Å². The minimum atomic E-state index is -0.0457. The monoisotopic (exact) mass is 247 g/mol. The van der Waals surface area contributed by atoms with Crippen LogP contribution in [0, 0.1) is 0 Å². The summed E-state index contributed by atoms with van der Waals surface area (Å²) in [6, 6.07) is 0. The van der Waals surface area contributed by atoms with E-state index in [1.54, 1.807) is 0 Å². The van der Waals surface area contributed by atoms with Gasteiger partial charge < -0.3 is 14.4 Å². The third-order valence-corrected chi connectivity index (χ3v) is 2.85. The zero-order chi connectivity index (χ0) is 9.26. The molecule has 2 heterocycles. The fraction of sp³-hybridized carbons (Fsp3) is 0.625. The minimum absolute atomic E-state index is 0.0457. The number of hydrogen-bond donors (Lipinski definition) is 1. The summed E-state index contributed by atoms with van der Waals surface area (Å²) < 4.78 is 11.0. The van der Waals surface area contributed by atoms with E-state index in [2.05, 4.69) is 21.1 Å². The Morgan fingerprint density at radius 1 is 1.62 bits per heavy atom. The number of aliphatic hydroxyl groups is 1. The fourth-order valence-electron chi connectivity index (χ4n) is 1.51. The highest BCUT2D eigenvalue weighted by Gasteiger charge is 2.26. The number of aliphatic hydroxyl groups excluding tert-OH is 1. The molecule has 0 aliphatic carbocycles. The third-order valence-electron chi connectivity index (χ3n) is 2.23. The average Bonchev–Trinajstić information content (AvgIpc) is 2.71. The van der Waals surface area contributed by atoms with Gasteiger partial charge in [0.15, 0.2) is 4.60 Å². The molecule has 5 heteroatoms. The van der Waals surface area contributed by atoms with Crippen molar-refractivity contribution in [2.75, 3.05) is 13.2 Å². The Bertz CT molecular complexity index is 294. The van der Waals surface area contributed by atoms with Crippen LogP contribution in [-0.2, 0) is 11.3 Å². The summed E-state index contributed by atoms with van der Waals surface area (Å²) in [6.07, 6.45) is 0.939. The fourth-order valence-corrected chi connectivity index (χ4v) is 1.90. The second-order valence-electron chi connectivity index (χ2n) is 3.03. The third kappa shape index (κ3) is 1.63. The van der Waals surface area contributed by atoms with E-state index in [9.17, 15) is 0 Å². The summed E-state index contributed by atoms with van der Waals surface area (Å²) in [5.41, 5.74) is 0.746. The summed E-state index contributed by atoms with van der Waals surface area (Å²) >= 11 is 3.22. The van der Waals surface area contributed by atoms with Gasteiger partial charge in [0.25, 0.3) is 0 Å². The first-order chi connectivity index (χ1) is 6.33. The van der Waals surface area contributed by atoms with Crippen molar-refractivity contribution in [2.45, 2.75) is 18.9 Å². The van der Waals surface area contributed by atoms with Crippen LogP contribution in [0.2, 0.25) is 0 Å². The standard InChI is InChI=1S/C8H10BrNO3/c9-8-6(3-11)7(13-10-8)5-1-2-12-4-5/h5,11H,1-4H2. The first-order valence-corrected chi connectivity index (χ1v) is 4.94. The Balaban J connectivity index is 2.27. The van der Waals surface area contributed by atoms with Crippen molar-refractivity contribution in [3.63, 3.8) is 0 Å². The Labute approximate surface area is 84.0 Å². The Kier molecular flexibility index (Phi) is 2.66. The number of rotatable bonds is 2.